The Labute approximate surface area is 111 Å². The Bertz CT molecular complexity index is 807. The van der Waals surface area contributed by atoms with Crippen LogP contribution in [0, 0.1) is 11.6 Å². The topological polar surface area (TPSA) is 66.0 Å². The third-order valence-corrected chi connectivity index (χ3v) is 2.88. The van der Waals surface area contributed by atoms with Crippen molar-refractivity contribution in [3.05, 3.63) is 53.6 Å². The molecule has 0 aliphatic heterocycles. The number of H-pyrrole nitrogens is 1. The van der Waals surface area contributed by atoms with Crippen LogP contribution in [0.3, 0.4) is 0 Å². The van der Waals surface area contributed by atoms with Crippen LogP contribution in [0.2, 0.25) is 0 Å². The Kier molecular flexibility index (Phi) is 2.71. The summed E-state index contributed by atoms with van der Waals surface area (Å²) in [6, 6.07) is 7.65. The van der Waals surface area contributed by atoms with Gasteiger partial charge in [0.2, 0.25) is 0 Å². The van der Waals surface area contributed by atoms with Crippen LogP contribution >= 0.6 is 0 Å². The Morgan fingerprint density at radius 2 is 1.85 bits per heavy atom. The van der Waals surface area contributed by atoms with Crippen molar-refractivity contribution in [3.8, 4) is 11.4 Å². The van der Waals surface area contributed by atoms with Crippen molar-refractivity contribution in [1.82, 2.24) is 9.97 Å². The Morgan fingerprint density at radius 1 is 1.15 bits per heavy atom. The molecule has 0 atom stereocenters. The number of carboxylic acid groups (broad SMARTS) is 1. The lowest BCUT2D eigenvalue weighted by molar-refractivity contribution is 0.0699. The second-order valence-electron chi connectivity index (χ2n) is 4.25. The molecule has 0 unspecified atom stereocenters. The molecule has 0 saturated carbocycles. The third-order valence-electron chi connectivity index (χ3n) is 2.88. The van der Waals surface area contributed by atoms with Gasteiger partial charge in [-0.15, -0.1) is 0 Å². The van der Waals surface area contributed by atoms with Crippen LogP contribution < -0.4 is 0 Å². The first-order valence-corrected chi connectivity index (χ1v) is 5.73. The van der Waals surface area contributed by atoms with Gasteiger partial charge in [-0.25, -0.2) is 18.6 Å². The number of aromatic nitrogens is 2. The van der Waals surface area contributed by atoms with E-state index in [2.05, 4.69) is 9.97 Å². The molecule has 3 rings (SSSR count). The Hall–Kier alpha value is -2.76. The molecule has 1 aromatic heterocycles. The van der Waals surface area contributed by atoms with Crippen LogP contribution in [0.4, 0.5) is 8.78 Å². The first-order valence-electron chi connectivity index (χ1n) is 5.73. The van der Waals surface area contributed by atoms with Gasteiger partial charge in [0.1, 0.15) is 23.0 Å². The average Bonchev–Trinajstić information content (AvgIpc) is 2.80. The van der Waals surface area contributed by atoms with Crippen molar-refractivity contribution in [3.63, 3.8) is 0 Å². The number of carbonyl (C=O) groups is 1. The largest absolute Gasteiger partial charge is 0.478 e. The number of para-hydroxylation sites is 1. The minimum atomic E-state index is -1.11. The van der Waals surface area contributed by atoms with E-state index in [0.29, 0.717) is 5.52 Å². The lowest BCUT2D eigenvalue weighted by atomic mass is 10.2. The van der Waals surface area contributed by atoms with Gasteiger partial charge in [0.05, 0.1) is 11.1 Å². The molecule has 0 amide bonds. The van der Waals surface area contributed by atoms with Crippen molar-refractivity contribution >= 4 is 17.0 Å². The average molecular weight is 274 g/mol. The molecule has 0 saturated heterocycles. The number of fused-ring (bicyclic) bond motifs is 1. The van der Waals surface area contributed by atoms with E-state index < -0.39 is 17.6 Å². The number of rotatable bonds is 2. The summed E-state index contributed by atoms with van der Waals surface area (Å²) in [5, 5.41) is 9.08. The normalized spacial score (nSPS) is 10.9. The van der Waals surface area contributed by atoms with Gasteiger partial charge < -0.3 is 10.1 Å². The van der Waals surface area contributed by atoms with Crippen molar-refractivity contribution < 1.29 is 18.7 Å². The van der Waals surface area contributed by atoms with E-state index in [0.717, 1.165) is 18.2 Å². The van der Waals surface area contributed by atoms with Gasteiger partial charge in [-0.1, -0.05) is 6.07 Å². The quantitative estimate of drug-likeness (QED) is 0.754. The van der Waals surface area contributed by atoms with Crippen LogP contribution in [-0.4, -0.2) is 21.0 Å². The maximum atomic E-state index is 13.2. The number of nitrogens with one attached hydrogen (secondary N) is 1. The molecule has 2 aromatic carbocycles. The molecule has 4 nitrogen and oxygen atoms in total. The smallest absolute Gasteiger partial charge is 0.337 e. The van der Waals surface area contributed by atoms with Crippen molar-refractivity contribution in [2.75, 3.05) is 0 Å². The summed E-state index contributed by atoms with van der Waals surface area (Å²) in [5.74, 6) is -2.34. The van der Waals surface area contributed by atoms with Crippen LogP contribution in [0.1, 0.15) is 10.4 Å². The van der Waals surface area contributed by atoms with E-state index in [4.69, 9.17) is 5.11 Å². The number of aromatic amines is 1. The predicted molar refractivity (Wildman–Crippen MR) is 68.4 cm³/mol. The fourth-order valence-corrected chi connectivity index (χ4v) is 2.03. The summed E-state index contributed by atoms with van der Waals surface area (Å²) in [6.07, 6.45) is 0. The first-order chi connectivity index (χ1) is 9.54. The van der Waals surface area contributed by atoms with Crippen LogP contribution in [0.15, 0.2) is 36.4 Å². The number of halogens is 2. The lowest BCUT2D eigenvalue weighted by Gasteiger charge is -1.97. The number of hydrogen-bond donors (Lipinski definition) is 2. The number of imidazole rings is 1. The number of nitrogens with zero attached hydrogens (tertiary/aromatic N) is 1. The summed E-state index contributed by atoms with van der Waals surface area (Å²) in [7, 11) is 0. The van der Waals surface area contributed by atoms with Crippen LogP contribution in [0.25, 0.3) is 22.4 Å². The zero-order valence-electron chi connectivity index (χ0n) is 10.0. The molecule has 1 heterocycles. The van der Waals surface area contributed by atoms with Crippen LogP contribution in [0.5, 0.6) is 0 Å². The van der Waals surface area contributed by atoms with E-state index in [-0.39, 0.29) is 22.5 Å². The Morgan fingerprint density at radius 3 is 2.50 bits per heavy atom. The predicted octanol–water partition coefficient (Wildman–Crippen LogP) is 3.21. The maximum absolute atomic E-state index is 13.2. The molecule has 0 aliphatic carbocycles. The number of hydrogen-bond acceptors (Lipinski definition) is 2. The maximum Gasteiger partial charge on any atom is 0.337 e. The summed E-state index contributed by atoms with van der Waals surface area (Å²) in [6.45, 7) is 0. The van der Waals surface area contributed by atoms with E-state index in [1.54, 1.807) is 12.1 Å². The standard InChI is InChI=1S/C14H8F2N2O2/c15-8-4-7(5-9(16)6-8)13-17-11-3-1-2-10(14(19)20)12(11)18-13/h1-6H,(H,17,18)(H,19,20). The molecule has 0 fully saturated rings. The van der Waals surface area contributed by atoms with E-state index in [1.807, 2.05) is 0 Å². The molecule has 3 aromatic rings. The highest BCUT2D eigenvalue weighted by atomic mass is 19.1. The van der Waals surface area contributed by atoms with E-state index >= 15 is 0 Å². The fourth-order valence-electron chi connectivity index (χ4n) is 2.03. The molecule has 6 heteroatoms. The van der Waals surface area contributed by atoms with Crippen molar-refractivity contribution in [2.45, 2.75) is 0 Å². The lowest BCUT2D eigenvalue weighted by Crippen LogP contribution is -1.96. The third kappa shape index (κ3) is 2.01. The molecule has 100 valence electrons. The molecule has 0 bridgehead atoms. The monoisotopic (exact) mass is 274 g/mol. The molecule has 0 spiro atoms. The highest BCUT2D eigenvalue weighted by Crippen LogP contribution is 2.24. The highest BCUT2D eigenvalue weighted by molar-refractivity contribution is 6.01. The summed E-state index contributed by atoms with van der Waals surface area (Å²) >= 11 is 0. The summed E-state index contributed by atoms with van der Waals surface area (Å²) < 4.78 is 26.4. The van der Waals surface area contributed by atoms with E-state index in [9.17, 15) is 13.6 Å². The van der Waals surface area contributed by atoms with Gasteiger partial charge in [-0.2, -0.15) is 0 Å². The van der Waals surface area contributed by atoms with Gasteiger partial charge >= 0.3 is 5.97 Å². The fraction of sp³-hybridized carbons (Fsp3) is 0. The minimum Gasteiger partial charge on any atom is -0.478 e. The van der Waals surface area contributed by atoms with Crippen molar-refractivity contribution in [2.24, 2.45) is 0 Å². The van der Waals surface area contributed by atoms with Crippen molar-refractivity contribution in [1.29, 1.82) is 0 Å². The second-order valence-corrected chi connectivity index (χ2v) is 4.25. The zero-order chi connectivity index (χ0) is 14.3. The molecular weight excluding hydrogens is 266 g/mol. The minimum absolute atomic E-state index is 0.0295. The number of carboxylic acids is 1. The molecule has 0 aliphatic rings. The van der Waals surface area contributed by atoms with Gasteiger partial charge in [0.15, 0.2) is 0 Å². The van der Waals surface area contributed by atoms with Crippen LogP contribution in [-0.2, 0) is 0 Å². The first kappa shape index (κ1) is 12.3. The molecule has 0 radical (unpaired) electrons. The highest BCUT2D eigenvalue weighted by Gasteiger charge is 2.14. The summed E-state index contributed by atoms with van der Waals surface area (Å²) in [4.78, 5) is 18.1. The second kappa shape index (κ2) is 4.41. The zero-order valence-corrected chi connectivity index (χ0v) is 10.0. The van der Waals surface area contributed by atoms with Gasteiger partial charge in [-0.05, 0) is 24.3 Å². The molecule has 2 N–H and O–H groups in total. The number of benzene rings is 2. The molecular formula is C14H8F2N2O2. The molecule has 20 heavy (non-hydrogen) atoms. The van der Waals surface area contributed by atoms with Gasteiger partial charge in [0.25, 0.3) is 0 Å². The summed E-state index contributed by atoms with van der Waals surface area (Å²) in [5.41, 5.74) is 0.987. The van der Waals surface area contributed by atoms with Gasteiger partial charge in [0, 0.05) is 11.6 Å². The Balaban J connectivity index is 2.23. The number of aromatic carboxylic acids is 1. The van der Waals surface area contributed by atoms with Gasteiger partial charge in [-0.3, -0.25) is 0 Å². The van der Waals surface area contributed by atoms with E-state index in [1.165, 1.54) is 6.07 Å². The SMILES string of the molecule is O=C(O)c1cccc2[nH]c(-c3cc(F)cc(F)c3)nc12.